The minimum Gasteiger partial charge on any atom is -0.464 e. The molecule has 0 N–H and O–H groups in total. The summed E-state index contributed by atoms with van der Waals surface area (Å²) in [6, 6.07) is 4.02. The van der Waals surface area contributed by atoms with E-state index in [-0.39, 0.29) is 5.92 Å². The first kappa shape index (κ1) is 14.2. The zero-order valence-electron chi connectivity index (χ0n) is 10.9. The number of thiophene rings is 1. The third kappa shape index (κ3) is 3.03. The second-order valence-corrected chi connectivity index (χ2v) is 6.88. The van der Waals surface area contributed by atoms with Gasteiger partial charge in [0.2, 0.25) is 0 Å². The Morgan fingerprint density at radius 3 is 2.79 bits per heavy atom. The summed E-state index contributed by atoms with van der Waals surface area (Å²) >= 11 is 5.07. The number of nitrogens with zero attached hydrogens (tertiary/aromatic N) is 3. The highest BCUT2D eigenvalue weighted by Gasteiger charge is 2.22. The van der Waals surface area contributed by atoms with Crippen LogP contribution >= 0.6 is 27.3 Å². The van der Waals surface area contributed by atoms with Crippen molar-refractivity contribution in [2.24, 2.45) is 0 Å². The zero-order chi connectivity index (χ0) is 14.0. The van der Waals surface area contributed by atoms with Gasteiger partial charge in [-0.25, -0.2) is 9.48 Å². The number of carbonyl (C=O) groups excluding carboxylic acids is 1. The highest BCUT2D eigenvalue weighted by molar-refractivity contribution is 9.11. The largest absolute Gasteiger partial charge is 0.464 e. The van der Waals surface area contributed by atoms with Crippen LogP contribution in [0.1, 0.15) is 40.8 Å². The lowest BCUT2D eigenvalue weighted by atomic mass is 10.1. The maximum atomic E-state index is 11.7. The van der Waals surface area contributed by atoms with E-state index in [0.717, 1.165) is 14.4 Å². The monoisotopic (exact) mass is 343 g/mol. The maximum Gasteiger partial charge on any atom is 0.360 e. The van der Waals surface area contributed by atoms with Crippen LogP contribution in [0, 0.1) is 0 Å². The van der Waals surface area contributed by atoms with E-state index in [0.29, 0.717) is 12.2 Å². The Hall–Kier alpha value is -1.21. The smallest absolute Gasteiger partial charge is 0.360 e. The van der Waals surface area contributed by atoms with E-state index in [4.69, 9.17) is 4.74 Å². The predicted octanol–water partition coefficient (Wildman–Crippen LogP) is 3.06. The molecule has 2 heterocycles. The van der Waals surface area contributed by atoms with Gasteiger partial charge < -0.3 is 4.74 Å². The van der Waals surface area contributed by atoms with Crippen molar-refractivity contribution < 1.29 is 9.53 Å². The van der Waals surface area contributed by atoms with Gasteiger partial charge in [-0.2, -0.15) is 0 Å². The first-order valence-electron chi connectivity index (χ1n) is 5.78. The van der Waals surface area contributed by atoms with Crippen molar-refractivity contribution in [1.82, 2.24) is 15.0 Å². The molecule has 0 unspecified atom stereocenters. The molecule has 0 saturated carbocycles. The van der Waals surface area contributed by atoms with Gasteiger partial charge in [-0.3, -0.25) is 0 Å². The second kappa shape index (κ2) is 5.83. The van der Waals surface area contributed by atoms with Gasteiger partial charge in [0, 0.05) is 4.88 Å². The van der Waals surface area contributed by atoms with Crippen molar-refractivity contribution in [2.45, 2.75) is 26.3 Å². The second-order valence-electron chi connectivity index (χ2n) is 4.33. The summed E-state index contributed by atoms with van der Waals surface area (Å²) in [5.41, 5.74) is 1.10. The lowest BCUT2D eigenvalue weighted by Gasteiger charge is -2.09. The summed E-state index contributed by atoms with van der Waals surface area (Å²) in [5.74, 6) is -0.296. The van der Waals surface area contributed by atoms with Crippen LogP contribution < -0.4 is 0 Å². The van der Waals surface area contributed by atoms with Gasteiger partial charge in [0.15, 0.2) is 5.69 Å². The SMILES string of the molecule is COC(=O)c1nnn(Cc2ccc(Br)s2)c1C(C)C. The van der Waals surface area contributed by atoms with Crippen LogP contribution in [0.5, 0.6) is 0 Å². The summed E-state index contributed by atoms with van der Waals surface area (Å²) in [7, 11) is 1.35. The number of rotatable bonds is 4. The molecule has 0 aliphatic rings. The number of hydrogen-bond acceptors (Lipinski definition) is 5. The van der Waals surface area contributed by atoms with Gasteiger partial charge in [0.25, 0.3) is 0 Å². The molecule has 0 spiro atoms. The van der Waals surface area contributed by atoms with Crippen LogP contribution in [0.2, 0.25) is 0 Å². The van der Waals surface area contributed by atoms with E-state index in [2.05, 4.69) is 26.2 Å². The van der Waals surface area contributed by atoms with Crippen LogP contribution in [0.4, 0.5) is 0 Å². The Labute approximate surface area is 123 Å². The third-order valence-electron chi connectivity index (χ3n) is 2.63. The molecular weight excluding hydrogens is 330 g/mol. The van der Waals surface area contributed by atoms with Gasteiger partial charge in [-0.1, -0.05) is 19.1 Å². The molecule has 2 rings (SSSR count). The van der Waals surface area contributed by atoms with Crippen molar-refractivity contribution >= 4 is 33.2 Å². The molecule has 0 fully saturated rings. The number of carbonyl (C=O) groups is 1. The van der Waals surface area contributed by atoms with Crippen LogP contribution in [-0.4, -0.2) is 28.1 Å². The van der Waals surface area contributed by atoms with E-state index >= 15 is 0 Å². The molecule has 0 radical (unpaired) electrons. The average molecular weight is 344 g/mol. The number of halogens is 1. The summed E-state index contributed by atoms with van der Waals surface area (Å²) in [6.45, 7) is 4.62. The fourth-order valence-electron chi connectivity index (χ4n) is 1.84. The van der Waals surface area contributed by atoms with E-state index < -0.39 is 5.97 Å². The molecule has 5 nitrogen and oxygen atoms in total. The Bertz CT molecular complexity index is 592. The fourth-order valence-corrected chi connectivity index (χ4v) is 3.30. The summed E-state index contributed by atoms with van der Waals surface area (Å²) in [5, 5.41) is 8.01. The molecule has 0 aromatic carbocycles. The van der Waals surface area contributed by atoms with Gasteiger partial charge >= 0.3 is 5.97 Å². The van der Waals surface area contributed by atoms with Crippen molar-refractivity contribution in [3.63, 3.8) is 0 Å². The quantitative estimate of drug-likeness (QED) is 0.800. The van der Waals surface area contributed by atoms with Gasteiger partial charge in [-0.15, -0.1) is 16.4 Å². The highest BCUT2D eigenvalue weighted by atomic mass is 79.9. The molecule has 0 aliphatic heterocycles. The average Bonchev–Trinajstić information content (AvgIpc) is 2.95. The Morgan fingerprint density at radius 2 is 2.26 bits per heavy atom. The van der Waals surface area contributed by atoms with Crippen LogP contribution in [-0.2, 0) is 11.3 Å². The molecule has 0 bridgehead atoms. The summed E-state index contributed by atoms with van der Waals surface area (Å²) < 4.78 is 7.57. The Morgan fingerprint density at radius 1 is 1.53 bits per heavy atom. The normalized spacial score (nSPS) is 11.0. The van der Waals surface area contributed by atoms with Crippen LogP contribution in [0.15, 0.2) is 15.9 Å². The summed E-state index contributed by atoms with van der Waals surface area (Å²) in [6.07, 6.45) is 0. The molecule has 2 aromatic heterocycles. The van der Waals surface area contributed by atoms with Crippen LogP contribution in [0.3, 0.4) is 0 Å². The van der Waals surface area contributed by atoms with Gasteiger partial charge in [0.1, 0.15) is 0 Å². The molecule has 0 aliphatic carbocycles. The van der Waals surface area contributed by atoms with E-state index in [9.17, 15) is 4.79 Å². The Kier molecular flexibility index (Phi) is 4.36. The topological polar surface area (TPSA) is 57.0 Å². The standard InChI is InChI=1S/C12H14BrN3O2S/c1-7(2)11-10(12(17)18-3)14-15-16(11)6-8-4-5-9(13)19-8/h4-5,7H,6H2,1-3H3. The fraction of sp³-hybridized carbons (Fsp3) is 0.417. The van der Waals surface area contributed by atoms with E-state index in [1.165, 1.54) is 7.11 Å². The minimum atomic E-state index is -0.442. The lowest BCUT2D eigenvalue weighted by molar-refractivity contribution is 0.0592. The lowest BCUT2D eigenvalue weighted by Crippen LogP contribution is -2.11. The van der Waals surface area contributed by atoms with Crippen molar-refractivity contribution in [1.29, 1.82) is 0 Å². The number of methoxy groups -OCH3 is 1. The molecule has 0 saturated heterocycles. The van der Waals surface area contributed by atoms with Gasteiger partial charge in [-0.05, 0) is 34.0 Å². The molecule has 102 valence electrons. The van der Waals surface area contributed by atoms with E-state index in [1.807, 2.05) is 26.0 Å². The summed E-state index contributed by atoms with van der Waals surface area (Å²) in [4.78, 5) is 12.8. The molecule has 19 heavy (non-hydrogen) atoms. The predicted molar refractivity (Wildman–Crippen MR) is 76.6 cm³/mol. The molecule has 2 aromatic rings. The molecule has 7 heteroatoms. The first-order chi connectivity index (χ1) is 9.02. The number of esters is 1. The Balaban J connectivity index is 2.35. The van der Waals surface area contributed by atoms with E-state index in [1.54, 1.807) is 16.0 Å². The minimum absolute atomic E-state index is 0.146. The first-order valence-corrected chi connectivity index (χ1v) is 7.39. The molecule has 0 atom stereocenters. The molecule has 0 amide bonds. The van der Waals surface area contributed by atoms with Crippen LogP contribution in [0.25, 0.3) is 0 Å². The molecular formula is C12H14BrN3O2S. The highest BCUT2D eigenvalue weighted by Crippen LogP contribution is 2.25. The number of aromatic nitrogens is 3. The number of hydrogen-bond donors (Lipinski definition) is 0. The third-order valence-corrected chi connectivity index (χ3v) is 4.24. The van der Waals surface area contributed by atoms with Crippen molar-refractivity contribution in [2.75, 3.05) is 7.11 Å². The van der Waals surface area contributed by atoms with Gasteiger partial charge in [0.05, 0.1) is 23.1 Å². The number of ether oxygens (including phenoxy) is 1. The maximum absolute atomic E-state index is 11.7. The van der Waals surface area contributed by atoms with Crippen molar-refractivity contribution in [3.8, 4) is 0 Å². The zero-order valence-corrected chi connectivity index (χ0v) is 13.3. The van der Waals surface area contributed by atoms with Crippen molar-refractivity contribution in [3.05, 3.63) is 32.2 Å².